The summed E-state index contributed by atoms with van der Waals surface area (Å²) in [6, 6.07) is 3.74. The zero-order valence-electron chi connectivity index (χ0n) is 11.8. The van der Waals surface area contributed by atoms with Gasteiger partial charge in [-0.1, -0.05) is 18.7 Å². The fraction of sp³-hybridized carbons (Fsp3) is 0.267. The topological polar surface area (TPSA) is 79.8 Å². The van der Waals surface area contributed by atoms with Gasteiger partial charge in [0.15, 0.2) is 11.5 Å². The van der Waals surface area contributed by atoms with Crippen molar-refractivity contribution < 1.29 is 19.4 Å². The second kappa shape index (κ2) is 6.81. The van der Waals surface area contributed by atoms with Gasteiger partial charge >= 0.3 is 0 Å². The van der Waals surface area contributed by atoms with E-state index in [2.05, 4.69) is 17.2 Å². The van der Waals surface area contributed by atoms with E-state index in [0.717, 1.165) is 11.3 Å². The largest absolute Gasteiger partial charge is 0.454 e. The molecule has 6 nitrogen and oxygen atoms in total. The Labute approximate surface area is 123 Å². The molecule has 0 radical (unpaired) electrons. The summed E-state index contributed by atoms with van der Waals surface area (Å²) in [6.07, 6.45) is 3.68. The number of aliphatic hydroxyl groups excluding tert-OH is 1. The third-order valence-electron chi connectivity index (χ3n) is 3.00. The molecule has 6 heteroatoms. The molecule has 0 fully saturated rings. The lowest BCUT2D eigenvalue weighted by molar-refractivity contribution is -0.117. The van der Waals surface area contributed by atoms with Crippen molar-refractivity contribution in [2.24, 2.45) is 0 Å². The van der Waals surface area contributed by atoms with Crippen LogP contribution in [0.15, 0.2) is 30.4 Å². The molecule has 1 aromatic carbocycles. The zero-order valence-corrected chi connectivity index (χ0v) is 11.8. The van der Waals surface area contributed by atoms with Gasteiger partial charge in [0.05, 0.1) is 6.61 Å². The second-order valence-corrected chi connectivity index (χ2v) is 4.42. The number of rotatable bonds is 6. The van der Waals surface area contributed by atoms with E-state index in [1.165, 1.54) is 0 Å². The fourth-order valence-electron chi connectivity index (χ4n) is 1.85. The highest BCUT2D eigenvalue weighted by Gasteiger charge is 2.15. The third kappa shape index (κ3) is 3.55. The molecule has 0 saturated heterocycles. The number of anilines is 1. The summed E-state index contributed by atoms with van der Waals surface area (Å²) in [4.78, 5) is 11.4. The molecular weight excluding hydrogens is 272 g/mol. The van der Waals surface area contributed by atoms with Gasteiger partial charge < -0.3 is 25.2 Å². The molecule has 1 aliphatic rings. The SMILES string of the molecule is C=C(CO)C(=O)NC/C=C/c1cc2c(cc1NC)OCO2. The maximum Gasteiger partial charge on any atom is 0.249 e. The maximum absolute atomic E-state index is 11.4. The van der Waals surface area contributed by atoms with E-state index in [9.17, 15) is 4.79 Å². The Morgan fingerprint density at radius 1 is 1.43 bits per heavy atom. The Kier molecular flexibility index (Phi) is 4.84. The summed E-state index contributed by atoms with van der Waals surface area (Å²) < 4.78 is 10.7. The zero-order chi connectivity index (χ0) is 15.2. The third-order valence-corrected chi connectivity index (χ3v) is 3.00. The highest BCUT2D eigenvalue weighted by molar-refractivity contribution is 5.93. The fourth-order valence-corrected chi connectivity index (χ4v) is 1.85. The normalized spacial score (nSPS) is 12.5. The highest BCUT2D eigenvalue weighted by Crippen LogP contribution is 2.37. The standard InChI is InChI=1S/C15H18N2O4/c1-10(8-18)15(19)17-5-3-4-11-6-13-14(21-9-20-13)7-12(11)16-2/h3-4,6-7,16,18H,1,5,8-9H2,2H3,(H,17,19)/b4-3+. The number of benzene rings is 1. The van der Waals surface area contributed by atoms with Gasteiger partial charge in [-0.15, -0.1) is 0 Å². The minimum atomic E-state index is -0.360. The van der Waals surface area contributed by atoms with Crippen molar-refractivity contribution in [3.05, 3.63) is 35.9 Å². The van der Waals surface area contributed by atoms with Crippen molar-refractivity contribution in [1.29, 1.82) is 0 Å². The molecule has 0 saturated carbocycles. The number of nitrogens with one attached hydrogen (secondary N) is 2. The molecule has 2 rings (SSSR count). The van der Waals surface area contributed by atoms with Crippen LogP contribution in [0.25, 0.3) is 6.08 Å². The van der Waals surface area contributed by atoms with E-state index in [1.807, 2.05) is 25.3 Å². The van der Waals surface area contributed by atoms with Crippen molar-refractivity contribution in [3.63, 3.8) is 0 Å². The van der Waals surface area contributed by atoms with Crippen LogP contribution in [0.4, 0.5) is 5.69 Å². The van der Waals surface area contributed by atoms with E-state index in [4.69, 9.17) is 14.6 Å². The van der Waals surface area contributed by atoms with Crippen LogP contribution in [-0.4, -0.2) is 38.0 Å². The first-order chi connectivity index (χ1) is 10.2. The molecule has 21 heavy (non-hydrogen) atoms. The van der Waals surface area contributed by atoms with Crippen molar-refractivity contribution >= 4 is 17.7 Å². The van der Waals surface area contributed by atoms with E-state index in [-0.39, 0.29) is 24.9 Å². The van der Waals surface area contributed by atoms with E-state index in [0.29, 0.717) is 18.0 Å². The number of hydrogen-bond acceptors (Lipinski definition) is 5. The van der Waals surface area contributed by atoms with Gasteiger partial charge in [0.1, 0.15) is 0 Å². The summed E-state index contributed by atoms with van der Waals surface area (Å²) in [5.41, 5.74) is 1.97. The van der Waals surface area contributed by atoms with Gasteiger partial charge in [0.2, 0.25) is 12.7 Å². The number of carbonyl (C=O) groups is 1. The molecule has 0 bridgehead atoms. The lowest BCUT2D eigenvalue weighted by Crippen LogP contribution is -2.25. The number of hydrogen-bond donors (Lipinski definition) is 3. The molecule has 0 aliphatic carbocycles. The van der Waals surface area contributed by atoms with E-state index >= 15 is 0 Å². The number of amides is 1. The molecule has 0 unspecified atom stereocenters. The van der Waals surface area contributed by atoms with E-state index in [1.54, 1.807) is 6.08 Å². The van der Waals surface area contributed by atoms with Crippen LogP contribution < -0.4 is 20.1 Å². The lowest BCUT2D eigenvalue weighted by atomic mass is 10.1. The smallest absolute Gasteiger partial charge is 0.249 e. The first-order valence-corrected chi connectivity index (χ1v) is 6.50. The average molecular weight is 290 g/mol. The molecule has 0 atom stereocenters. The minimum absolute atomic E-state index is 0.141. The van der Waals surface area contributed by atoms with Gasteiger partial charge in [-0.05, 0) is 6.07 Å². The molecule has 0 spiro atoms. The molecule has 3 N–H and O–H groups in total. The number of ether oxygens (including phenoxy) is 2. The van der Waals surface area contributed by atoms with Gasteiger partial charge in [-0.3, -0.25) is 4.79 Å². The van der Waals surface area contributed by atoms with Crippen molar-refractivity contribution in [2.45, 2.75) is 0 Å². The Balaban J connectivity index is 2.01. The molecule has 112 valence electrons. The number of aliphatic hydroxyl groups is 1. The summed E-state index contributed by atoms with van der Waals surface area (Å²) in [7, 11) is 1.82. The molecular formula is C15H18N2O4. The van der Waals surface area contributed by atoms with Crippen molar-refractivity contribution in [2.75, 3.05) is 32.3 Å². The Hall–Kier alpha value is -2.47. The van der Waals surface area contributed by atoms with Gasteiger partial charge in [-0.2, -0.15) is 0 Å². The lowest BCUT2D eigenvalue weighted by Gasteiger charge is -2.07. The van der Waals surface area contributed by atoms with Crippen LogP contribution in [0.2, 0.25) is 0 Å². The summed E-state index contributed by atoms with van der Waals surface area (Å²) in [5.74, 6) is 1.05. The minimum Gasteiger partial charge on any atom is -0.454 e. The molecule has 0 aromatic heterocycles. The van der Waals surface area contributed by atoms with Crippen molar-refractivity contribution in [3.8, 4) is 11.5 Å². The van der Waals surface area contributed by atoms with Crippen LogP contribution in [0, 0.1) is 0 Å². The van der Waals surface area contributed by atoms with Crippen LogP contribution in [0.5, 0.6) is 11.5 Å². The summed E-state index contributed by atoms with van der Waals surface area (Å²) in [5, 5.41) is 14.5. The Morgan fingerprint density at radius 2 is 2.14 bits per heavy atom. The van der Waals surface area contributed by atoms with Crippen LogP contribution >= 0.6 is 0 Å². The van der Waals surface area contributed by atoms with Gasteiger partial charge in [0, 0.05) is 36.5 Å². The Morgan fingerprint density at radius 3 is 2.81 bits per heavy atom. The van der Waals surface area contributed by atoms with Crippen LogP contribution in [0.3, 0.4) is 0 Å². The summed E-state index contributed by atoms with van der Waals surface area (Å²) >= 11 is 0. The molecule has 1 amide bonds. The first kappa shape index (κ1) is 14.9. The monoisotopic (exact) mass is 290 g/mol. The predicted octanol–water partition coefficient (Wildman–Crippen LogP) is 1.13. The predicted molar refractivity (Wildman–Crippen MR) is 80.4 cm³/mol. The van der Waals surface area contributed by atoms with E-state index < -0.39 is 0 Å². The van der Waals surface area contributed by atoms with Gasteiger partial charge in [0.25, 0.3) is 0 Å². The molecule has 1 aliphatic heterocycles. The number of carbonyl (C=O) groups excluding carboxylic acids is 1. The molecule has 1 heterocycles. The highest BCUT2D eigenvalue weighted by atomic mass is 16.7. The van der Waals surface area contributed by atoms with Crippen molar-refractivity contribution in [1.82, 2.24) is 5.32 Å². The maximum atomic E-state index is 11.4. The number of fused-ring (bicyclic) bond motifs is 1. The quantitative estimate of drug-likeness (QED) is 0.685. The van der Waals surface area contributed by atoms with Crippen LogP contribution in [0.1, 0.15) is 5.56 Å². The average Bonchev–Trinajstić information content (AvgIpc) is 2.96. The Bertz CT molecular complexity index is 581. The summed E-state index contributed by atoms with van der Waals surface area (Å²) in [6.45, 7) is 3.67. The molecule has 1 aromatic rings. The second-order valence-electron chi connectivity index (χ2n) is 4.42. The van der Waals surface area contributed by atoms with Crippen LogP contribution in [-0.2, 0) is 4.79 Å². The van der Waals surface area contributed by atoms with Gasteiger partial charge in [-0.25, -0.2) is 0 Å². The first-order valence-electron chi connectivity index (χ1n) is 6.50.